The highest BCUT2D eigenvalue weighted by molar-refractivity contribution is 5.83. The molecule has 5 nitrogen and oxygen atoms in total. The number of aldehydes is 1. The van der Waals surface area contributed by atoms with Gasteiger partial charge in [-0.3, -0.25) is 4.79 Å². The van der Waals surface area contributed by atoms with Crippen LogP contribution >= 0.6 is 0 Å². The van der Waals surface area contributed by atoms with E-state index in [4.69, 9.17) is 5.11 Å². The lowest BCUT2D eigenvalue weighted by molar-refractivity contribution is -0.142. The highest BCUT2D eigenvalue weighted by Gasteiger charge is 2.18. The van der Waals surface area contributed by atoms with Crippen LogP contribution in [0, 0.1) is 0 Å². The summed E-state index contributed by atoms with van der Waals surface area (Å²) in [5.74, 6) is -1.32. The predicted octanol–water partition coefficient (Wildman–Crippen LogP) is 3.07. The number of amides is 1. The van der Waals surface area contributed by atoms with Crippen molar-refractivity contribution in [2.45, 2.75) is 83.6 Å². The maximum atomic E-state index is 11.6. The zero-order valence-corrected chi connectivity index (χ0v) is 13.1. The summed E-state index contributed by atoms with van der Waals surface area (Å²) < 4.78 is 0. The van der Waals surface area contributed by atoms with E-state index < -0.39 is 12.0 Å². The minimum Gasteiger partial charge on any atom is -0.480 e. The largest absolute Gasteiger partial charge is 0.480 e. The average molecular weight is 299 g/mol. The van der Waals surface area contributed by atoms with E-state index in [1.807, 2.05) is 0 Å². The highest BCUT2D eigenvalue weighted by atomic mass is 16.4. The standard InChI is InChI=1S/C16H29NO4/c1-2-3-4-5-6-7-8-9-12-15(19)17-14(16(20)21)11-10-13-18/h13-14H,2-12H2,1H3,(H,17,19)(H,20,21)/t14-/m0/s1. The van der Waals surface area contributed by atoms with E-state index in [1.54, 1.807) is 0 Å². The molecule has 0 aromatic carbocycles. The summed E-state index contributed by atoms with van der Waals surface area (Å²) in [6.07, 6.45) is 10.5. The lowest BCUT2D eigenvalue weighted by Crippen LogP contribution is -2.40. The Morgan fingerprint density at radius 1 is 1.05 bits per heavy atom. The second-order valence-electron chi connectivity index (χ2n) is 5.43. The number of hydrogen-bond donors (Lipinski definition) is 2. The van der Waals surface area contributed by atoms with Gasteiger partial charge in [0.25, 0.3) is 0 Å². The number of carboxylic acids is 1. The Bertz CT molecular complexity index is 305. The number of aliphatic carboxylic acids is 1. The molecule has 0 fully saturated rings. The molecule has 0 rings (SSSR count). The van der Waals surface area contributed by atoms with E-state index in [-0.39, 0.29) is 18.7 Å². The third-order valence-electron chi connectivity index (χ3n) is 3.46. The Morgan fingerprint density at radius 3 is 2.14 bits per heavy atom. The van der Waals surface area contributed by atoms with Gasteiger partial charge in [0.2, 0.25) is 5.91 Å². The maximum Gasteiger partial charge on any atom is 0.326 e. The minimum absolute atomic E-state index is 0.148. The van der Waals surface area contributed by atoms with Crippen LogP contribution in [0.15, 0.2) is 0 Å². The maximum absolute atomic E-state index is 11.6. The molecule has 21 heavy (non-hydrogen) atoms. The first-order chi connectivity index (χ1) is 10.1. The fourth-order valence-corrected chi connectivity index (χ4v) is 2.18. The Labute approximate surface area is 127 Å². The number of rotatable bonds is 14. The molecule has 0 saturated heterocycles. The minimum atomic E-state index is -1.08. The van der Waals surface area contributed by atoms with Crippen molar-refractivity contribution in [3.63, 3.8) is 0 Å². The summed E-state index contributed by atoms with van der Waals surface area (Å²) in [6.45, 7) is 2.19. The monoisotopic (exact) mass is 299 g/mol. The van der Waals surface area contributed by atoms with Gasteiger partial charge in [0.05, 0.1) is 0 Å². The van der Waals surface area contributed by atoms with E-state index in [2.05, 4.69) is 12.2 Å². The molecule has 0 spiro atoms. The molecule has 0 aliphatic rings. The Kier molecular flexibility index (Phi) is 12.7. The molecule has 0 saturated carbocycles. The van der Waals surface area contributed by atoms with Crippen LogP contribution in [0.2, 0.25) is 0 Å². The van der Waals surface area contributed by atoms with Crippen molar-refractivity contribution in [3.8, 4) is 0 Å². The number of carbonyl (C=O) groups is 3. The molecule has 1 amide bonds. The number of carbonyl (C=O) groups excluding carboxylic acids is 2. The van der Waals surface area contributed by atoms with Gasteiger partial charge in [-0.1, -0.05) is 51.9 Å². The van der Waals surface area contributed by atoms with E-state index in [9.17, 15) is 14.4 Å². The Hall–Kier alpha value is -1.39. The van der Waals surface area contributed by atoms with Crippen molar-refractivity contribution in [2.75, 3.05) is 0 Å². The van der Waals surface area contributed by atoms with Crippen molar-refractivity contribution in [3.05, 3.63) is 0 Å². The predicted molar refractivity (Wildman–Crippen MR) is 82.1 cm³/mol. The van der Waals surface area contributed by atoms with Crippen molar-refractivity contribution in [2.24, 2.45) is 0 Å². The number of unbranched alkanes of at least 4 members (excludes halogenated alkanes) is 7. The van der Waals surface area contributed by atoms with Crippen LogP contribution < -0.4 is 5.32 Å². The van der Waals surface area contributed by atoms with Crippen LogP contribution in [-0.2, 0) is 14.4 Å². The topological polar surface area (TPSA) is 83.5 Å². The second-order valence-corrected chi connectivity index (χ2v) is 5.43. The van der Waals surface area contributed by atoms with Crippen molar-refractivity contribution < 1.29 is 19.5 Å². The van der Waals surface area contributed by atoms with Crippen LogP contribution in [-0.4, -0.2) is 29.3 Å². The van der Waals surface area contributed by atoms with Gasteiger partial charge in [-0.05, 0) is 12.8 Å². The molecule has 0 radical (unpaired) electrons. The van der Waals surface area contributed by atoms with Crippen LogP contribution in [0.1, 0.15) is 77.6 Å². The van der Waals surface area contributed by atoms with E-state index in [1.165, 1.54) is 32.1 Å². The van der Waals surface area contributed by atoms with Crippen molar-refractivity contribution in [1.82, 2.24) is 5.32 Å². The van der Waals surface area contributed by atoms with Gasteiger partial charge in [-0.15, -0.1) is 0 Å². The molecular formula is C16H29NO4. The van der Waals surface area contributed by atoms with E-state index in [0.29, 0.717) is 12.7 Å². The SMILES string of the molecule is CCCCCCCCCCC(=O)N[C@@H](CCC=O)C(=O)O. The van der Waals surface area contributed by atoms with E-state index in [0.717, 1.165) is 19.3 Å². The average Bonchev–Trinajstić information content (AvgIpc) is 2.46. The van der Waals surface area contributed by atoms with Gasteiger partial charge in [-0.2, -0.15) is 0 Å². The third kappa shape index (κ3) is 12.1. The second kappa shape index (κ2) is 13.6. The molecular weight excluding hydrogens is 270 g/mol. The van der Waals surface area contributed by atoms with Gasteiger partial charge in [-0.25, -0.2) is 4.79 Å². The summed E-state index contributed by atoms with van der Waals surface area (Å²) in [7, 11) is 0. The first-order valence-electron chi connectivity index (χ1n) is 8.07. The summed E-state index contributed by atoms with van der Waals surface area (Å²) in [6, 6.07) is -0.947. The fourth-order valence-electron chi connectivity index (χ4n) is 2.18. The molecule has 5 heteroatoms. The quantitative estimate of drug-likeness (QED) is 0.381. The first kappa shape index (κ1) is 19.6. The molecule has 0 aliphatic heterocycles. The van der Waals surface area contributed by atoms with Crippen LogP contribution in [0.4, 0.5) is 0 Å². The fraction of sp³-hybridized carbons (Fsp3) is 0.812. The van der Waals surface area contributed by atoms with Gasteiger partial charge >= 0.3 is 5.97 Å². The normalized spacial score (nSPS) is 11.9. The number of carboxylic acid groups (broad SMARTS) is 1. The molecule has 0 aliphatic carbocycles. The first-order valence-corrected chi connectivity index (χ1v) is 8.07. The number of hydrogen-bond acceptors (Lipinski definition) is 3. The highest BCUT2D eigenvalue weighted by Crippen LogP contribution is 2.09. The Balaban J connectivity index is 3.63. The van der Waals surface area contributed by atoms with Crippen LogP contribution in [0.3, 0.4) is 0 Å². The number of nitrogens with one attached hydrogen (secondary N) is 1. The van der Waals surface area contributed by atoms with Crippen LogP contribution in [0.25, 0.3) is 0 Å². The molecule has 1 atom stereocenters. The molecule has 0 unspecified atom stereocenters. The molecule has 2 N–H and O–H groups in total. The molecule has 0 bridgehead atoms. The molecule has 0 aromatic rings. The zero-order chi connectivity index (χ0) is 15.9. The van der Waals surface area contributed by atoms with Crippen LogP contribution in [0.5, 0.6) is 0 Å². The smallest absolute Gasteiger partial charge is 0.326 e. The summed E-state index contributed by atoms with van der Waals surface area (Å²) in [5.41, 5.74) is 0. The van der Waals surface area contributed by atoms with Gasteiger partial charge < -0.3 is 15.2 Å². The lowest BCUT2D eigenvalue weighted by Gasteiger charge is -2.13. The zero-order valence-electron chi connectivity index (χ0n) is 13.1. The lowest BCUT2D eigenvalue weighted by atomic mass is 10.1. The molecule has 122 valence electrons. The third-order valence-corrected chi connectivity index (χ3v) is 3.46. The summed E-state index contributed by atoms with van der Waals surface area (Å²) in [5, 5.41) is 11.4. The molecule has 0 heterocycles. The van der Waals surface area contributed by atoms with Gasteiger partial charge in [0.1, 0.15) is 12.3 Å². The van der Waals surface area contributed by atoms with Crippen molar-refractivity contribution in [1.29, 1.82) is 0 Å². The Morgan fingerprint density at radius 2 is 1.62 bits per heavy atom. The van der Waals surface area contributed by atoms with Gasteiger partial charge in [0, 0.05) is 12.8 Å². The molecule has 0 aromatic heterocycles. The van der Waals surface area contributed by atoms with E-state index >= 15 is 0 Å². The van der Waals surface area contributed by atoms with Crippen molar-refractivity contribution >= 4 is 18.2 Å². The summed E-state index contributed by atoms with van der Waals surface area (Å²) in [4.78, 5) is 32.8. The summed E-state index contributed by atoms with van der Waals surface area (Å²) >= 11 is 0. The van der Waals surface area contributed by atoms with Gasteiger partial charge in [0.15, 0.2) is 0 Å².